The zero-order chi connectivity index (χ0) is 23.4. The van der Waals surface area contributed by atoms with Gasteiger partial charge in [-0.1, -0.05) is 11.6 Å². The van der Waals surface area contributed by atoms with Crippen LogP contribution in [0.2, 0.25) is 5.02 Å². The fourth-order valence-electron chi connectivity index (χ4n) is 3.37. The molecule has 1 saturated heterocycles. The highest BCUT2D eigenvalue weighted by Gasteiger charge is 2.24. The molecule has 3 aromatic rings. The number of nitrogens with one attached hydrogen (secondary N) is 5. The van der Waals surface area contributed by atoms with E-state index in [1.54, 1.807) is 24.3 Å². The maximum atomic E-state index is 13.2. The molecule has 0 aliphatic carbocycles. The van der Waals surface area contributed by atoms with Crippen LogP contribution in [0.15, 0.2) is 48.8 Å². The van der Waals surface area contributed by atoms with Gasteiger partial charge in [0, 0.05) is 24.0 Å². The third kappa shape index (κ3) is 5.36. The first kappa shape index (κ1) is 22.4. The van der Waals surface area contributed by atoms with Crippen molar-refractivity contribution in [2.45, 2.75) is 12.5 Å². The van der Waals surface area contributed by atoms with Crippen molar-refractivity contribution in [2.75, 3.05) is 23.7 Å². The number of hydrogen-bond donors (Lipinski definition) is 5. The average Bonchev–Trinajstić information content (AvgIpc) is 3.47. The van der Waals surface area contributed by atoms with Crippen molar-refractivity contribution in [1.29, 1.82) is 0 Å². The van der Waals surface area contributed by atoms with E-state index in [-0.39, 0.29) is 28.0 Å². The predicted molar refractivity (Wildman–Crippen MR) is 121 cm³/mol. The Kier molecular flexibility index (Phi) is 6.66. The monoisotopic (exact) mass is 470 g/mol. The number of aromatic nitrogens is 2. The number of halogens is 2. The summed E-state index contributed by atoms with van der Waals surface area (Å²) in [5, 5.41) is 11.3. The third-order valence-corrected chi connectivity index (χ3v) is 5.37. The van der Waals surface area contributed by atoms with E-state index in [4.69, 9.17) is 11.6 Å². The number of imidazole rings is 1. The van der Waals surface area contributed by atoms with E-state index in [9.17, 15) is 18.8 Å². The van der Waals surface area contributed by atoms with Gasteiger partial charge in [-0.05, 0) is 55.4 Å². The first-order chi connectivity index (χ1) is 15.9. The summed E-state index contributed by atoms with van der Waals surface area (Å²) < 4.78 is 13.2. The molecular weight excluding hydrogens is 451 g/mol. The van der Waals surface area contributed by atoms with Gasteiger partial charge in [0.1, 0.15) is 11.5 Å². The van der Waals surface area contributed by atoms with Crippen LogP contribution >= 0.6 is 11.6 Å². The van der Waals surface area contributed by atoms with Crippen LogP contribution in [0.5, 0.6) is 0 Å². The molecule has 2 heterocycles. The number of rotatable bonds is 6. The van der Waals surface area contributed by atoms with Crippen LogP contribution in [0.4, 0.5) is 15.8 Å². The van der Waals surface area contributed by atoms with Crippen molar-refractivity contribution >= 4 is 40.7 Å². The van der Waals surface area contributed by atoms with Crippen molar-refractivity contribution in [2.24, 2.45) is 0 Å². The Morgan fingerprint density at radius 3 is 2.33 bits per heavy atom. The summed E-state index contributed by atoms with van der Waals surface area (Å²) in [7, 11) is 0. The van der Waals surface area contributed by atoms with Gasteiger partial charge in [0.15, 0.2) is 5.69 Å². The second-order valence-corrected chi connectivity index (χ2v) is 7.81. The summed E-state index contributed by atoms with van der Waals surface area (Å²) in [4.78, 5) is 44.2. The Labute approximate surface area is 193 Å². The van der Waals surface area contributed by atoms with E-state index in [0.717, 1.165) is 25.1 Å². The number of carbonyl (C=O) groups is 3. The van der Waals surface area contributed by atoms with Crippen molar-refractivity contribution in [3.8, 4) is 0 Å². The number of H-pyrrole nitrogens is 1. The van der Waals surface area contributed by atoms with Crippen LogP contribution in [-0.4, -0.2) is 46.8 Å². The first-order valence-electron chi connectivity index (χ1n) is 10.1. The van der Waals surface area contributed by atoms with Crippen LogP contribution in [0.1, 0.15) is 37.8 Å². The number of nitrogens with zero attached hydrogens (tertiary/aromatic N) is 1. The van der Waals surface area contributed by atoms with Crippen molar-refractivity contribution < 1.29 is 18.8 Å². The average molecular weight is 471 g/mol. The molecule has 0 radical (unpaired) electrons. The van der Waals surface area contributed by atoms with E-state index in [0.29, 0.717) is 17.9 Å². The van der Waals surface area contributed by atoms with Gasteiger partial charge in [0.2, 0.25) is 0 Å². The second-order valence-electron chi connectivity index (χ2n) is 7.40. The smallest absolute Gasteiger partial charge is 0.276 e. The van der Waals surface area contributed by atoms with Gasteiger partial charge in [-0.3, -0.25) is 14.4 Å². The fourth-order valence-corrected chi connectivity index (χ4v) is 3.63. The minimum Gasteiger partial charge on any atom is -0.347 e. The Morgan fingerprint density at radius 1 is 1.00 bits per heavy atom. The standard InChI is InChI=1S/C22H20ClFN6O3/c23-17-9-12(24)1-6-16(17)20(31)28-13-2-4-14(5-3-13)29-21(32)18-19(27-11-26-18)22(33)30-15-7-8-25-10-15/h1-6,9,11,15,25H,7-8,10H2,(H,26,27)(H,28,31)(H,29,32)(H,30,33)/t15-/m1/s1. The van der Waals surface area contributed by atoms with E-state index in [1.165, 1.54) is 12.4 Å². The lowest BCUT2D eigenvalue weighted by molar-refractivity contribution is 0.0923. The van der Waals surface area contributed by atoms with Gasteiger partial charge in [0.25, 0.3) is 17.7 Å². The Hall–Kier alpha value is -3.76. The number of carbonyl (C=O) groups excluding carboxylic acids is 3. The summed E-state index contributed by atoms with van der Waals surface area (Å²) in [6.07, 6.45) is 2.10. The molecule has 5 N–H and O–H groups in total. The second kappa shape index (κ2) is 9.80. The van der Waals surface area contributed by atoms with Gasteiger partial charge < -0.3 is 26.3 Å². The molecular formula is C22H20ClFN6O3. The highest BCUT2D eigenvalue weighted by Crippen LogP contribution is 2.20. The lowest BCUT2D eigenvalue weighted by Crippen LogP contribution is -2.37. The number of anilines is 2. The summed E-state index contributed by atoms with van der Waals surface area (Å²) >= 11 is 5.92. The third-order valence-electron chi connectivity index (χ3n) is 5.05. The molecule has 170 valence electrons. The highest BCUT2D eigenvalue weighted by molar-refractivity contribution is 6.34. The maximum Gasteiger partial charge on any atom is 0.276 e. The van der Waals surface area contributed by atoms with Gasteiger partial charge in [0.05, 0.1) is 16.9 Å². The normalized spacial score (nSPS) is 15.2. The summed E-state index contributed by atoms with van der Waals surface area (Å²) in [6, 6.07) is 9.82. The topological polar surface area (TPSA) is 128 Å². The number of hydrogen-bond acceptors (Lipinski definition) is 5. The van der Waals surface area contributed by atoms with E-state index < -0.39 is 23.5 Å². The van der Waals surface area contributed by atoms with Gasteiger partial charge in [-0.2, -0.15) is 0 Å². The van der Waals surface area contributed by atoms with Gasteiger partial charge in [-0.25, -0.2) is 9.37 Å². The van der Waals surface area contributed by atoms with E-state index >= 15 is 0 Å². The molecule has 33 heavy (non-hydrogen) atoms. The lowest BCUT2D eigenvalue weighted by atomic mass is 10.2. The van der Waals surface area contributed by atoms with Crippen molar-refractivity contribution in [1.82, 2.24) is 20.6 Å². The molecule has 2 aromatic carbocycles. The molecule has 1 aliphatic rings. The van der Waals surface area contributed by atoms with Crippen LogP contribution in [-0.2, 0) is 0 Å². The van der Waals surface area contributed by atoms with Crippen LogP contribution in [0.25, 0.3) is 0 Å². The largest absolute Gasteiger partial charge is 0.347 e. The maximum absolute atomic E-state index is 13.2. The molecule has 1 aromatic heterocycles. The number of benzene rings is 2. The highest BCUT2D eigenvalue weighted by atomic mass is 35.5. The molecule has 1 atom stereocenters. The summed E-state index contributed by atoms with van der Waals surface area (Å²) in [6.45, 7) is 1.51. The quantitative estimate of drug-likeness (QED) is 0.378. The van der Waals surface area contributed by atoms with E-state index in [2.05, 4.69) is 31.2 Å². The summed E-state index contributed by atoms with van der Waals surface area (Å²) in [5.41, 5.74) is 1.07. The van der Waals surface area contributed by atoms with Crippen molar-refractivity contribution in [3.05, 3.63) is 76.6 Å². The molecule has 1 aliphatic heterocycles. The first-order valence-corrected chi connectivity index (χ1v) is 10.5. The zero-order valence-corrected chi connectivity index (χ0v) is 18.0. The molecule has 11 heteroatoms. The van der Waals surface area contributed by atoms with E-state index in [1.807, 2.05) is 0 Å². The fraction of sp³-hybridized carbons (Fsp3) is 0.182. The molecule has 0 bridgehead atoms. The minimum atomic E-state index is -0.555. The molecule has 1 fully saturated rings. The molecule has 0 unspecified atom stereocenters. The predicted octanol–water partition coefficient (Wildman–Crippen LogP) is 2.80. The Morgan fingerprint density at radius 2 is 1.70 bits per heavy atom. The van der Waals surface area contributed by atoms with Crippen LogP contribution < -0.4 is 21.3 Å². The molecule has 4 rings (SSSR count). The number of aromatic amines is 1. The molecule has 3 amide bonds. The Balaban J connectivity index is 1.38. The van der Waals surface area contributed by atoms with Gasteiger partial charge in [-0.15, -0.1) is 0 Å². The Bertz CT molecular complexity index is 1190. The van der Waals surface area contributed by atoms with Gasteiger partial charge >= 0.3 is 0 Å². The molecule has 0 spiro atoms. The number of amides is 3. The van der Waals surface area contributed by atoms with Crippen molar-refractivity contribution in [3.63, 3.8) is 0 Å². The zero-order valence-electron chi connectivity index (χ0n) is 17.2. The molecule has 9 nitrogen and oxygen atoms in total. The molecule has 0 saturated carbocycles. The SMILES string of the molecule is O=C(Nc1ccc(NC(=O)c2nc[nH]c2C(=O)N[C@@H]2CCNC2)cc1)c1ccc(F)cc1Cl. The lowest BCUT2D eigenvalue weighted by Gasteiger charge is -2.11. The summed E-state index contributed by atoms with van der Waals surface area (Å²) in [5.74, 6) is -1.99. The van der Waals surface area contributed by atoms with Crippen LogP contribution in [0.3, 0.4) is 0 Å². The van der Waals surface area contributed by atoms with Crippen LogP contribution in [0, 0.1) is 5.82 Å². The minimum absolute atomic E-state index is 0.000536.